The molecule has 0 aliphatic rings. The Morgan fingerprint density at radius 3 is 2.93 bits per heavy atom. The van der Waals surface area contributed by atoms with Crippen LogP contribution in [0.5, 0.6) is 0 Å². The van der Waals surface area contributed by atoms with E-state index >= 15 is 0 Å². The average Bonchev–Trinajstić information content (AvgIpc) is 2.55. The van der Waals surface area contributed by atoms with E-state index in [1.54, 1.807) is 11.8 Å². The van der Waals surface area contributed by atoms with E-state index < -0.39 is 0 Å². The number of nitrogens with two attached hydrogens (primary N) is 1. The Morgan fingerprint density at radius 2 is 2.36 bits per heavy atom. The van der Waals surface area contributed by atoms with Crippen LogP contribution in [0.3, 0.4) is 0 Å². The highest BCUT2D eigenvalue weighted by atomic mass is 32.2. The molecule has 1 rings (SSSR count). The number of rotatable bonds is 5. The molecule has 0 bridgehead atoms. The molecule has 1 atom stereocenters. The van der Waals surface area contributed by atoms with Crippen molar-refractivity contribution < 1.29 is 0 Å². The first kappa shape index (κ1) is 11.7. The summed E-state index contributed by atoms with van der Waals surface area (Å²) in [5, 5.41) is 4.50. The van der Waals surface area contributed by atoms with Gasteiger partial charge in [0.05, 0.1) is 4.90 Å². The molecule has 1 aromatic rings. The van der Waals surface area contributed by atoms with Gasteiger partial charge in [0.1, 0.15) is 5.00 Å². The lowest BCUT2D eigenvalue weighted by molar-refractivity contribution is 0.594. The van der Waals surface area contributed by atoms with Gasteiger partial charge in [0.25, 0.3) is 0 Å². The molecule has 0 saturated heterocycles. The Morgan fingerprint density at radius 1 is 1.64 bits per heavy atom. The first-order valence-corrected chi connectivity index (χ1v) is 6.71. The van der Waals surface area contributed by atoms with E-state index in [1.807, 2.05) is 6.26 Å². The van der Waals surface area contributed by atoms with Crippen LogP contribution in [-0.4, -0.2) is 17.2 Å². The Bertz CT molecular complexity index is 286. The third-order valence-corrected chi connectivity index (χ3v) is 3.96. The summed E-state index contributed by atoms with van der Waals surface area (Å²) in [6, 6.07) is 0. The van der Waals surface area contributed by atoms with E-state index in [4.69, 9.17) is 5.73 Å². The van der Waals surface area contributed by atoms with Gasteiger partial charge < -0.3 is 11.1 Å². The van der Waals surface area contributed by atoms with Crippen molar-refractivity contribution in [3.8, 4) is 0 Å². The van der Waals surface area contributed by atoms with Crippen molar-refractivity contribution in [2.24, 2.45) is 5.92 Å². The van der Waals surface area contributed by atoms with E-state index in [2.05, 4.69) is 23.5 Å². The molecule has 1 aromatic heterocycles. The molecule has 0 aliphatic carbocycles. The molecule has 0 amide bonds. The second-order valence-corrected chi connectivity index (χ2v) is 4.91. The van der Waals surface area contributed by atoms with Gasteiger partial charge in [-0.25, -0.2) is 0 Å². The van der Waals surface area contributed by atoms with Crippen LogP contribution in [0.4, 0.5) is 10.8 Å². The lowest BCUT2D eigenvalue weighted by atomic mass is 10.1. The minimum atomic E-state index is 0.647. The van der Waals surface area contributed by atoms with Crippen LogP contribution in [0.2, 0.25) is 0 Å². The van der Waals surface area contributed by atoms with Gasteiger partial charge in [-0.1, -0.05) is 20.3 Å². The van der Waals surface area contributed by atoms with Crippen molar-refractivity contribution in [3.05, 3.63) is 0 Å². The summed E-state index contributed by atoms with van der Waals surface area (Å²) in [7, 11) is 0. The average molecular weight is 231 g/mol. The maximum atomic E-state index is 5.73. The van der Waals surface area contributed by atoms with Crippen LogP contribution in [0.25, 0.3) is 0 Å². The van der Waals surface area contributed by atoms with Crippen LogP contribution in [0, 0.1) is 5.92 Å². The number of nitrogens with zero attached hydrogens (tertiary/aromatic N) is 1. The minimum Gasteiger partial charge on any atom is -0.382 e. The fourth-order valence-electron chi connectivity index (χ4n) is 1.02. The zero-order valence-corrected chi connectivity index (χ0v) is 10.5. The molecule has 80 valence electrons. The molecule has 0 saturated carbocycles. The van der Waals surface area contributed by atoms with E-state index in [9.17, 15) is 0 Å². The monoisotopic (exact) mass is 231 g/mol. The highest BCUT2D eigenvalue weighted by Crippen LogP contribution is 2.34. The summed E-state index contributed by atoms with van der Waals surface area (Å²) >= 11 is 3.09. The van der Waals surface area contributed by atoms with Crippen molar-refractivity contribution in [2.45, 2.75) is 25.2 Å². The van der Waals surface area contributed by atoms with Crippen molar-refractivity contribution in [3.63, 3.8) is 0 Å². The van der Waals surface area contributed by atoms with Gasteiger partial charge in [-0.3, -0.25) is 0 Å². The van der Waals surface area contributed by atoms with E-state index in [-0.39, 0.29) is 0 Å². The number of anilines is 2. The maximum absolute atomic E-state index is 5.73. The molecule has 1 heterocycles. The quantitative estimate of drug-likeness (QED) is 0.765. The van der Waals surface area contributed by atoms with Crippen LogP contribution >= 0.6 is 23.3 Å². The minimum absolute atomic E-state index is 0.647. The fraction of sp³-hybridized carbons (Fsp3) is 0.667. The highest BCUT2D eigenvalue weighted by Gasteiger charge is 2.10. The van der Waals surface area contributed by atoms with Crippen LogP contribution < -0.4 is 11.1 Å². The van der Waals surface area contributed by atoms with E-state index in [0.717, 1.165) is 16.4 Å². The second kappa shape index (κ2) is 5.46. The summed E-state index contributed by atoms with van der Waals surface area (Å²) in [5.74, 6) is 1.34. The van der Waals surface area contributed by atoms with E-state index in [1.165, 1.54) is 18.0 Å². The molecule has 0 fully saturated rings. The van der Waals surface area contributed by atoms with Crippen molar-refractivity contribution in [1.29, 1.82) is 0 Å². The number of hydrogen-bond acceptors (Lipinski definition) is 5. The van der Waals surface area contributed by atoms with Crippen molar-refractivity contribution in [1.82, 2.24) is 4.37 Å². The largest absolute Gasteiger partial charge is 0.382 e. The summed E-state index contributed by atoms with van der Waals surface area (Å²) in [6.45, 7) is 5.42. The molecule has 14 heavy (non-hydrogen) atoms. The predicted molar refractivity (Wildman–Crippen MR) is 66.3 cm³/mol. The molecular formula is C9H17N3S2. The lowest BCUT2D eigenvalue weighted by Crippen LogP contribution is -2.09. The van der Waals surface area contributed by atoms with Gasteiger partial charge in [-0.05, 0) is 23.7 Å². The Kier molecular flexibility index (Phi) is 4.54. The van der Waals surface area contributed by atoms with Crippen LogP contribution in [-0.2, 0) is 0 Å². The third kappa shape index (κ3) is 2.78. The molecule has 5 heteroatoms. The molecule has 0 radical (unpaired) electrons. The van der Waals surface area contributed by atoms with E-state index in [0.29, 0.717) is 11.7 Å². The normalized spacial score (nSPS) is 12.8. The number of nitrogen functional groups attached to an aromatic ring is 1. The van der Waals surface area contributed by atoms with Crippen LogP contribution in [0.15, 0.2) is 4.90 Å². The number of aromatic nitrogens is 1. The summed E-state index contributed by atoms with van der Waals surface area (Å²) in [4.78, 5) is 1.08. The number of nitrogens with one attached hydrogen (secondary N) is 1. The third-order valence-electron chi connectivity index (χ3n) is 2.19. The zero-order chi connectivity index (χ0) is 10.6. The Labute approximate surface area is 93.6 Å². The first-order valence-electron chi connectivity index (χ1n) is 4.72. The molecule has 1 unspecified atom stereocenters. The Hall–Kier alpha value is -0.420. The Balaban J connectivity index is 2.58. The molecule has 0 aliphatic heterocycles. The molecule has 3 nitrogen and oxygen atoms in total. The van der Waals surface area contributed by atoms with Crippen molar-refractivity contribution in [2.75, 3.05) is 23.9 Å². The lowest BCUT2D eigenvalue weighted by Gasteiger charge is -2.10. The highest BCUT2D eigenvalue weighted by molar-refractivity contribution is 7.99. The van der Waals surface area contributed by atoms with Gasteiger partial charge in [0, 0.05) is 6.54 Å². The van der Waals surface area contributed by atoms with Gasteiger partial charge in [0.15, 0.2) is 5.82 Å². The van der Waals surface area contributed by atoms with Gasteiger partial charge in [-0.2, -0.15) is 4.37 Å². The standard InChI is InChI=1S/C9H17N3S2/c1-4-6(2)5-11-9-7(13-3)8(10)12-14-9/h6,11H,4-5H2,1-3H3,(H2,10,12). The number of thioether (sulfide) groups is 1. The molecule has 3 N–H and O–H groups in total. The smallest absolute Gasteiger partial charge is 0.153 e. The van der Waals surface area contributed by atoms with Gasteiger partial charge in [0.2, 0.25) is 0 Å². The first-order chi connectivity index (χ1) is 6.69. The van der Waals surface area contributed by atoms with Gasteiger partial charge in [-0.15, -0.1) is 11.8 Å². The predicted octanol–water partition coefficient (Wildman–Crippen LogP) is 2.91. The van der Waals surface area contributed by atoms with Crippen molar-refractivity contribution >= 4 is 34.1 Å². The molecular weight excluding hydrogens is 214 g/mol. The van der Waals surface area contributed by atoms with Gasteiger partial charge >= 0.3 is 0 Å². The molecule has 0 aromatic carbocycles. The fourth-order valence-corrected chi connectivity index (χ4v) is 2.56. The topological polar surface area (TPSA) is 50.9 Å². The zero-order valence-electron chi connectivity index (χ0n) is 8.83. The number of hydrogen-bond donors (Lipinski definition) is 2. The van der Waals surface area contributed by atoms with Crippen LogP contribution in [0.1, 0.15) is 20.3 Å². The SMILES string of the molecule is CCC(C)CNc1snc(N)c1SC. The summed E-state index contributed by atoms with van der Waals surface area (Å²) in [5.41, 5.74) is 5.73. The maximum Gasteiger partial charge on any atom is 0.153 e. The molecule has 0 spiro atoms. The summed E-state index contributed by atoms with van der Waals surface area (Å²) in [6.07, 6.45) is 3.21. The second-order valence-electron chi connectivity index (χ2n) is 3.32. The summed E-state index contributed by atoms with van der Waals surface area (Å²) < 4.78 is 4.13.